The second-order valence-corrected chi connectivity index (χ2v) is 4.58. The number of hydrogen-bond donors (Lipinski definition) is 3. The third-order valence-corrected chi connectivity index (χ3v) is 2.85. The van der Waals surface area contributed by atoms with Crippen molar-refractivity contribution in [2.75, 3.05) is 13.2 Å². The third kappa shape index (κ3) is 4.81. The molecular weight excluding hydrogens is 249 g/mol. The number of nitrogens with one attached hydrogen (secondary N) is 1. The summed E-state index contributed by atoms with van der Waals surface area (Å²) in [6.07, 6.45) is -2.77. The summed E-state index contributed by atoms with van der Waals surface area (Å²) in [7, 11) is 0. The smallest absolute Gasteiger partial charge is 0.396 e. The predicted molar refractivity (Wildman–Crippen MR) is 61.8 cm³/mol. The van der Waals surface area contributed by atoms with Crippen LogP contribution in [0.1, 0.15) is 33.1 Å². The van der Waals surface area contributed by atoms with E-state index in [1.165, 1.54) is 0 Å². The van der Waals surface area contributed by atoms with E-state index >= 15 is 0 Å². The van der Waals surface area contributed by atoms with Gasteiger partial charge in [-0.15, -0.1) is 0 Å². The number of carbonyl (C=O) groups excluding carboxylic acids is 1. The topological polar surface area (TPSA) is 75.3 Å². The summed E-state index contributed by atoms with van der Waals surface area (Å²) in [6, 6.07) is 0. The summed E-state index contributed by atoms with van der Waals surface area (Å²) in [5.41, 5.74) is 2.10. The van der Waals surface area contributed by atoms with Crippen LogP contribution in [0, 0.1) is 5.92 Å². The van der Waals surface area contributed by atoms with Gasteiger partial charge in [0, 0.05) is 13.2 Å². The van der Waals surface area contributed by atoms with Crippen molar-refractivity contribution < 1.29 is 23.1 Å². The zero-order valence-corrected chi connectivity index (χ0v) is 10.7. The summed E-state index contributed by atoms with van der Waals surface area (Å²) in [4.78, 5) is 11.4. The molecule has 1 amide bonds. The van der Waals surface area contributed by atoms with Gasteiger partial charge in [-0.1, -0.05) is 13.3 Å². The van der Waals surface area contributed by atoms with Gasteiger partial charge in [0.15, 0.2) is 5.54 Å². The lowest BCUT2D eigenvalue weighted by Crippen LogP contribution is -2.61. The van der Waals surface area contributed by atoms with Crippen molar-refractivity contribution in [3.8, 4) is 0 Å². The highest BCUT2D eigenvalue weighted by atomic mass is 19.4. The first kappa shape index (κ1) is 17.2. The monoisotopic (exact) mass is 270 g/mol. The molecule has 0 aliphatic carbocycles. The van der Waals surface area contributed by atoms with Gasteiger partial charge in [0.25, 0.3) is 0 Å². The van der Waals surface area contributed by atoms with Crippen LogP contribution in [0.2, 0.25) is 0 Å². The van der Waals surface area contributed by atoms with Crippen LogP contribution in [-0.2, 0) is 4.79 Å². The van der Waals surface area contributed by atoms with Crippen molar-refractivity contribution in [1.29, 1.82) is 0 Å². The van der Waals surface area contributed by atoms with E-state index in [1.807, 2.05) is 6.92 Å². The minimum absolute atomic E-state index is 0.0343. The van der Waals surface area contributed by atoms with Gasteiger partial charge in [-0.05, 0) is 25.7 Å². The zero-order valence-electron chi connectivity index (χ0n) is 10.7. The van der Waals surface area contributed by atoms with Gasteiger partial charge < -0.3 is 16.2 Å². The highest BCUT2D eigenvalue weighted by Crippen LogP contribution is 2.28. The van der Waals surface area contributed by atoms with Crippen molar-refractivity contribution in [3.63, 3.8) is 0 Å². The summed E-state index contributed by atoms with van der Waals surface area (Å²) < 4.78 is 37.4. The van der Waals surface area contributed by atoms with Crippen molar-refractivity contribution in [2.45, 2.75) is 44.8 Å². The van der Waals surface area contributed by atoms with Crippen LogP contribution in [0.25, 0.3) is 0 Å². The molecule has 0 heterocycles. The van der Waals surface area contributed by atoms with E-state index in [2.05, 4.69) is 5.32 Å². The average Bonchev–Trinajstić information content (AvgIpc) is 2.24. The highest BCUT2D eigenvalue weighted by molar-refractivity contribution is 5.86. The quantitative estimate of drug-likeness (QED) is 0.650. The lowest BCUT2D eigenvalue weighted by atomic mass is 9.98. The standard InChI is InChI=1S/C11H21F3N2O2/c1-3-4-8(5-6-17)7-16-9(18)10(2,15)11(12,13)14/h8,17H,3-7,15H2,1-2H3,(H,16,18). The summed E-state index contributed by atoms with van der Waals surface area (Å²) in [5, 5.41) is 11.0. The van der Waals surface area contributed by atoms with Crippen molar-refractivity contribution in [2.24, 2.45) is 11.7 Å². The summed E-state index contributed by atoms with van der Waals surface area (Å²) >= 11 is 0. The third-order valence-electron chi connectivity index (χ3n) is 2.85. The van der Waals surface area contributed by atoms with E-state index in [4.69, 9.17) is 10.8 Å². The molecule has 0 spiro atoms. The molecule has 0 saturated heterocycles. The Bertz CT molecular complexity index is 262. The Hall–Kier alpha value is -0.820. The molecule has 0 aromatic carbocycles. The number of alkyl halides is 3. The highest BCUT2D eigenvalue weighted by Gasteiger charge is 2.53. The predicted octanol–water partition coefficient (Wildman–Crippen LogP) is 1.18. The van der Waals surface area contributed by atoms with Crippen LogP contribution in [0.4, 0.5) is 13.2 Å². The van der Waals surface area contributed by atoms with E-state index in [9.17, 15) is 18.0 Å². The first-order chi connectivity index (χ1) is 8.16. The molecule has 0 rings (SSSR count). The molecule has 4 nitrogen and oxygen atoms in total. The maximum atomic E-state index is 12.5. The van der Waals surface area contributed by atoms with E-state index < -0.39 is 17.6 Å². The fourth-order valence-electron chi connectivity index (χ4n) is 1.49. The molecule has 0 radical (unpaired) electrons. The largest absolute Gasteiger partial charge is 0.415 e. The Morgan fingerprint density at radius 2 is 1.94 bits per heavy atom. The molecule has 2 unspecified atom stereocenters. The Kier molecular flexibility index (Phi) is 6.62. The number of aliphatic hydroxyl groups excluding tert-OH is 1. The number of halogens is 3. The van der Waals surface area contributed by atoms with Crippen molar-refractivity contribution in [3.05, 3.63) is 0 Å². The Balaban J connectivity index is 4.39. The van der Waals surface area contributed by atoms with Gasteiger partial charge in [-0.25, -0.2) is 0 Å². The lowest BCUT2D eigenvalue weighted by Gasteiger charge is -2.27. The Morgan fingerprint density at radius 3 is 2.33 bits per heavy atom. The molecule has 0 aliphatic rings. The molecule has 108 valence electrons. The van der Waals surface area contributed by atoms with Crippen molar-refractivity contribution >= 4 is 5.91 Å². The van der Waals surface area contributed by atoms with E-state index in [0.29, 0.717) is 13.3 Å². The number of amides is 1. The van der Waals surface area contributed by atoms with Gasteiger partial charge in [-0.3, -0.25) is 4.79 Å². The van der Waals surface area contributed by atoms with E-state index in [-0.39, 0.29) is 19.1 Å². The van der Waals surface area contributed by atoms with Crippen LogP contribution < -0.4 is 11.1 Å². The maximum absolute atomic E-state index is 12.5. The molecule has 2 atom stereocenters. The zero-order chi connectivity index (χ0) is 14.4. The SMILES string of the molecule is CCCC(CCO)CNC(=O)C(C)(N)C(F)(F)F. The van der Waals surface area contributed by atoms with Crippen LogP contribution in [0.3, 0.4) is 0 Å². The molecule has 7 heteroatoms. The summed E-state index contributed by atoms with van der Waals surface area (Å²) in [5.74, 6) is -1.28. The number of aliphatic hydroxyl groups is 1. The molecule has 0 saturated carbocycles. The lowest BCUT2D eigenvalue weighted by molar-refractivity contribution is -0.187. The summed E-state index contributed by atoms with van der Waals surface area (Å²) in [6.45, 7) is 2.61. The van der Waals surface area contributed by atoms with Crippen LogP contribution >= 0.6 is 0 Å². The van der Waals surface area contributed by atoms with Gasteiger partial charge in [0.05, 0.1) is 0 Å². The molecular formula is C11H21F3N2O2. The minimum atomic E-state index is -4.78. The number of hydrogen-bond acceptors (Lipinski definition) is 3. The van der Waals surface area contributed by atoms with E-state index in [1.54, 1.807) is 0 Å². The molecule has 0 aromatic rings. The molecule has 0 aromatic heterocycles. The first-order valence-electron chi connectivity index (χ1n) is 5.91. The Labute approximate surface area is 105 Å². The molecule has 0 bridgehead atoms. The molecule has 4 N–H and O–H groups in total. The van der Waals surface area contributed by atoms with Crippen molar-refractivity contribution in [1.82, 2.24) is 5.32 Å². The van der Waals surface area contributed by atoms with E-state index in [0.717, 1.165) is 12.8 Å². The number of carbonyl (C=O) groups is 1. The van der Waals surface area contributed by atoms with Crippen LogP contribution in [-0.4, -0.2) is 35.9 Å². The minimum Gasteiger partial charge on any atom is -0.396 e. The normalized spacial score (nSPS) is 17.1. The molecule has 0 aliphatic heterocycles. The first-order valence-corrected chi connectivity index (χ1v) is 5.91. The second-order valence-electron chi connectivity index (χ2n) is 4.58. The van der Waals surface area contributed by atoms with Gasteiger partial charge >= 0.3 is 6.18 Å². The van der Waals surface area contributed by atoms with Crippen LogP contribution in [0.15, 0.2) is 0 Å². The van der Waals surface area contributed by atoms with Gasteiger partial charge in [0.2, 0.25) is 5.91 Å². The molecule has 0 fully saturated rings. The second kappa shape index (κ2) is 6.94. The van der Waals surface area contributed by atoms with Gasteiger partial charge in [0.1, 0.15) is 0 Å². The average molecular weight is 270 g/mol. The van der Waals surface area contributed by atoms with Crippen LogP contribution in [0.5, 0.6) is 0 Å². The fourth-order valence-corrected chi connectivity index (χ4v) is 1.49. The maximum Gasteiger partial charge on any atom is 0.415 e. The number of rotatable bonds is 7. The number of nitrogens with two attached hydrogens (primary N) is 1. The molecule has 18 heavy (non-hydrogen) atoms. The van der Waals surface area contributed by atoms with Gasteiger partial charge in [-0.2, -0.15) is 13.2 Å². The Morgan fingerprint density at radius 1 is 1.39 bits per heavy atom. The fraction of sp³-hybridized carbons (Fsp3) is 0.909.